The molecule has 16 heavy (non-hydrogen) atoms. The number of rotatable bonds is 3. The lowest BCUT2D eigenvalue weighted by Gasteiger charge is -1.96. The molecule has 0 aliphatic carbocycles. The number of aromatic nitrogens is 3. The predicted octanol–water partition coefficient (Wildman–Crippen LogP) is 1.57. The van der Waals surface area contributed by atoms with Crippen LogP contribution < -0.4 is 0 Å². The molecule has 0 aliphatic rings. The Kier molecular flexibility index (Phi) is 2.77. The minimum Gasteiger partial charge on any atom is -0.478 e. The van der Waals surface area contributed by atoms with Gasteiger partial charge in [0.05, 0.1) is 0 Å². The first-order valence-corrected chi connectivity index (χ1v) is 4.63. The number of aromatic amines is 1. The predicted molar refractivity (Wildman–Crippen MR) is 58.5 cm³/mol. The van der Waals surface area contributed by atoms with Gasteiger partial charge in [0, 0.05) is 17.8 Å². The van der Waals surface area contributed by atoms with Gasteiger partial charge in [-0.1, -0.05) is 29.5 Å². The quantitative estimate of drug-likeness (QED) is 0.761. The number of carboxylic acid groups (broad SMARTS) is 1. The van der Waals surface area contributed by atoms with Gasteiger partial charge in [-0.15, -0.1) is 5.10 Å². The third kappa shape index (κ3) is 2.33. The molecule has 2 aromatic rings. The van der Waals surface area contributed by atoms with E-state index in [-0.39, 0.29) is 0 Å². The second-order valence-corrected chi connectivity index (χ2v) is 3.15. The van der Waals surface area contributed by atoms with E-state index in [1.807, 2.05) is 24.3 Å². The third-order valence-corrected chi connectivity index (χ3v) is 2.04. The van der Waals surface area contributed by atoms with Gasteiger partial charge in [-0.3, -0.25) is 5.10 Å². The van der Waals surface area contributed by atoms with Gasteiger partial charge >= 0.3 is 5.97 Å². The Morgan fingerprint density at radius 2 is 2.06 bits per heavy atom. The molecule has 0 unspecified atom stereocenters. The molecule has 0 aliphatic heterocycles. The Bertz CT molecular complexity index is 501. The van der Waals surface area contributed by atoms with Gasteiger partial charge in [0.25, 0.3) is 0 Å². The second-order valence-electron chi connectivity index (χ2n) is 3.15. The second kappa shape index (κ2) is 4.39. The average molecular weight is 215 g/mol. The van der Waals surface area contributed by atoms with E-state index >= 15 is 0 Å². The maximum absolute atomic E-state index is 10.3. The van der Waals surface area contributed by atoms with E-state index < -0.39 is 5.97 Å². The SMILES string of the molecule is O=C(O)C=Cc1ccc(-c2c[nH]nn2)cc1. The van der Waals surface area contributed by atoms with Crippen molar-refractivity contribution in [1.29, 1.82) is 0 Å². The van der Waals surface area contributed by atoms with E-state index in [2.05, 4.69) is 15.4 Å². The van der Waals surface area contributed by atoms with Crippen LogP contribution in [0.25, 0.3) is 17.3 Å². The van der Waals surface area contributed by atoms with Gasteiger partial charge < -0.3 is 5.11 Å². The number of nitrogens with one attached hydrogen (secondary N) is 1. The Labute approximate surface area is 91.4 Å². The highest BCUT2D eigenvalue weighted by atomic mass is 16.4. The van der Waals surface area contributed by atoms with Crippen LogP contribution in [0.15, 0.2) is 36.5 Å². The summed E-state index contributed by atoms with van der Waals surface area (Å²) in [6, 6.07) is 7.37. The fourth-order valence-corrected chi connectivity index (χ4v) is 1.28. The largest absolute Gasteiger partial charge is 0.478 e. The van der Waals surface area contributed by atoms with Crippen LogP contribution in [-0.4, -0.2) is 26.5 Å². The molecule has 5 nitrogen and oxygen atoms in total. The van der Waals surface area contributed by atoms with Crippen molar-refractivity contribution in [1.82, 2.24) is 15.4 Å². The third-order valence-electron chi connectivity index (χ3n) is 2.04. The standard InChI is InChI=1S/C11H9N3O2/c15-11(16)6-3-8-1-4-9(5-2-8)10-7-12-14-13-10/h1-7H,(H,15,16)(H,12,13,14). The van der Waals surface area contributed by atoms with Crippen LogP contribution in [0.4, 0.5) is 0 Å². The first kappa shape index (κ1) is 10.1. The lowest BCUT2D eigenvalue weighted by molar-refractivity contribution is -0.131. The van der Waals surface area contributed by atoms with E-state index in [4.69, 9.17) is 5.11 Å². The van der Waals surface area contributed by atoms with Crippen molar-refractivity contribution in [3.8, 4) is 11.3 Å². The molecule has 0 fully saturated rings. The molecule has 0 saturated heterocycles. The molecule has 0 radical (unpaired) electrons. The van der Waals surface area contributed by atoms with Crippen molar-refractivity contribution in [2.45, 2.75) is 0 Å². The number of aliphatic carboxylic acids is 1. The molecule has 2 rings (SSSR count). The lowest BCUT2D eigenvalue weighted by atomic mass is 10.1. The molecule has 80 valence electrons. The van der Waals surface area contributed by atoms with Crippen molar-refractivity contribution >= 4 is 12.0 Å². The number of nitrogens with zero attached hydrogens (tertiary/aromatic N) is 2. The smallest absolute Gasteiger partial charge is 0.328 e. The van der Waals surface area contributed by atoms with Crippen LogP contribution >= 0.6 is 0 Å². The van der Waals surface area contributed by atoms with Gasteiger partial charge in [-0.05, 0) is 11.6 Å². The minimum atomic E-state index is -0.958. The Morgan fingerprint density at radius 1 is 1.31 bits per heavy atom. The van der Waals surface area contributed by atoms with Gasteiger partial charge in [0.2, 0.25) is 0 Å². The van der Waals surface area contributed by atoms with Crippen LogP contribution in [0.5, 0.6) is 0 Å². The van der Waals surface area contributed by atoms with Crippen LogP contribution in [0, 0.1) is 0 Å². The topological polar surface area (TPSA) is 78.9 Å². The molecular formula is C11H9N3O2. The number of benzene rings is 1. The number of H-pyrrole nitrogens is 1. The Morgan fingerprint density at radius 3 is 2.62 bits per heavy atom. The summed E-state index contributed by atoms with van der Waals surface area (Å²) in [4.78, 5) is 10.3. The van der Waals surface area contributed by atoms with Gasteiger partial charge in [0.15, 0.2) is 0 Å². The molecule has 2 N–H and O–H groups in total. The summed E-state index contributed by atoms with van der Waals surface area (Å²) >= 11 is 0. The van der Waals surface area contributed by atoms with Crippen molar-refractivity contribution < 1.29 is 9.90 Å². The zero-order valence-electron chi connectivity index (χ0n) is 8.29. The van der Waals surface area contributed by atoms with E-state index in [0.717, 1.165) is 22.9 Å². The number of hydrogen-bond acceptors (Lipinski definition) is 3. The van der Waals surface area contributed by atoms with E-state index in [1.165, 1.54) is 6.08 Å². The summed E-state index contributed by atoms with van der Waals surface area (Å²) in [6.07, 6.45) is 4.34. The highest BCUT2D eigenvalue weighted by Crippen LogP contribution is 2.16. The average Bonchev–Trinajstić information content (AvgIpc) is 2.80. The van der Waals surface area contributed by atoms with Crippen LogP contribution in [-0.2, 0) is 4.79 Å². The van der Waals surface area contributed by atoms with Crippen LogP contribution in [0.2, 0.25) is 0 Å². The van der Waals surface area contributed by atoms with Crippen LogP contribution in [0.3, 0.4) is 0 Å². The molecule has 0 saturated carbocycles. The molecule has 1 aromatic heterocycles. The zero-order valence-corrected chi connectivity index (χ0v) is 8.29. The lowest BCUT2D eigenvalue weighted by Crippen LogP contribution is -1.85. The summed E-state index contributed by atoms with van der Waals surface area (Å²) in [7, 11) is 0. The van der Waals surface area contributed by atoms with E-state index in [9.17, 15) is 4.79 Å². The van der Waals surface area contributed by atoms with E-state index in [1.54, 1.807) is 6.20 Å². The van der Waals surface area contributed by atoms with Crippen molar-refractivity contribution in [2.24, 2.45) is 0 Å². The molecule has 0 atom stereocenters. The Hall–Kier alpha value is -2.43. The molecule has 0 amide bonds. The highest BCUT2D eigenvalue weighted by Gasteiger charge is 1.99. The zero-order chi connectivity index (χ0) is 11.4. The highest BCUT2D eigenvalue weighted by molar-refractivity contribution is 5.85. The molecular weight excluding hydrogens is 206 g/mol. The fourth-order valence-electron chi connectivity index (χ4n) is 1.28. The number of hydrogen-bond donors (Lipinski definition) is 2. The van der Waals surface area contributed by atoms with Gasteiger partial charge in [-0.25, -0.2) is 4.79 Å². The number of carbonyl (C=O) groups is 1. The van der Waals surface area contributed by atoms with Crippen molar-refractivity contribution in [3.05, 3.63) is 42.1 Å². The van der Waals surface area contributed by atoms with E-state index in [0.29, 0.717) is 0 Å². The van der Waals surface area contributed by atoms with Gasteiger partial charge in [-0.2, -0.15) is 0 Å². The first-order chi connectivity index (χ1) is 7.75. The van der Waals surface area contributed by atoms with Gasteiger partial charge in [0.1, 0.15) is 5.69 Å². The molecule has 0 bridgehead atoms. The monoisotopic (exact) mass is 215 g/mol. The summed E-state index contributed by atoms with van der Waals surface area (Å²) < 4.78 is 0. The molecule has 5 heteroatoms. The van der Waals surface area contributed by atoms with Crippen molar-refractivity contribution in [3.63, 3.8) is 0 Å². The summed E-state index contributed by atoms with van der Waals surface area (Å²) in [5.41, 5.74) is 2.52. The maximum atomic E-state index is 10.3. The summed E-state index contributed by atoms with van der Waals surface area (Å²) in [5.74, 6) is -0.958. The molecule has 1 heterocycles. The summed E-state index contributed by atoms with van der Waals surface area (Å²) in [6.45, 7) is 0. The van der Waals surface area contributed by atoms with Crippen molar-refractivity contribution in [2.75, 3.05) is 0 Å². The van der Waals surface area contributed by atoms with Crippen LogP contribution in [0.1, 0.15) is 5.56 Å². The summed E-state index contributed by atoms with van der Waals surface area (Å²) in [5, 5.41) is 18.6. The number of carboxylic acids is 1. The Balaban J connectivity index is 2.20. The minimum absolute atomic E-state index is 0.758. The first-order valence-electron chi connectivity index (χ1n) is 4.63. The fraction of sp³-hybridized carbons (Fsp3) is 0. The molecule has 0 spiro atoms. The molecule has 1 aromatic carbocycles. The normalized spacial score (nSPS) is 10.8. The maximum Gasteiger partial charge on any atom is 0.328 e.